The molecule has 1 fully saturated rings. The van der Waals surface area contributed by atoms with Crippen molar-refractivity contribution in [3.8, 4) is 0 Å². The summed E-state index contributed by atoms with van der Waals surface area (Å²) in [6, 6.07) is 0. The van der Waals surface area contributed by atoms with Crippen LogP contribution in [0, 0.1) is 0 Å². The highest BCUT2D eigenvalue weighted by atomic mass is 16.6. The minimum absolute atomic E-state index is 0.299. The van der Waals surface area contributed by atoms with E-state index in [1.807, 2.05) is 0 Å². The molecule has 0 spiro atoms. The third-order valence-corrected chi connectivity index (χ3v) is 2.58. The summed E-state index contributed by atoms with van der Waals surface area (Å²) in [6.45, 7) is 6.67. The molecular weight excluding hydrogens is 252 g/mol. The summed E-state index contributed by atoms with van der Waals surface area (Å²) in [6.07, 6.45) is -0.405. The van der Waals surface area contributed by atoms with Gasteiger partial charge < -0.3 is 19.3 Å². The summed E-state index contributed by atoms with van der Waals surface area (Å²) < 4.78 is 9.60. The van der Waals surface area contributed by atoms with Gasteiger partial charge in [0, 0.05) is 26.2 Å². The van der Waals surface area contributed by atoms with Crippen molar-refractivity contribution in [1.82, 2.24) is 9.80 Å². The molecule has 7 nitrogen and oxygen atoms in total. The van der Waals surface area contributed by atoms with Crippen molar-refractivity contribution in [2.75, 3.05) is 33.3 Å². The molecule has 1 saturated heterocycles. The number of rotatable bonds is 0. The molecule has 19 heavy (non-hydrogen) atoms. The SMILES string of the molecule is COC(=O)C(=O)N1CCN(C(=O)OC(C)(C)C)CC1. The number of methoxy groups -OCH3 is 1. The van der Waals surface area contributed by atoms with Crippen LogP contribution >= 0.6 is 0 Å². The fourth-order valence-corrected chi connectivity index (χ4v) is 1.64. The number of carbonyl (C=O) groups excluding carboxylic acids is 3. The van der Waals surface area contributed by atoms with Gasteiger partial charge in [0.2, 0.25) is 0 Å². The molecule has 1 aliphatic rings. The maximum Gasteiger partial charge on any atom is 0.410 e. The van der Waals surface area contributed by atoms with E-state index < -0.39 is 23.6 Å². The van der Waals surface area contributed by atoms with Gasteiger partial charge in [-0.25, -0.2) is 9.59 Å². The van der Waals surface area contributed by atoms with Crippen LogP contribution in [0.1, 0.15) is 20.8 Å². The van der Waals surface area contributed by atoms with Crippen molar-refractivity contribution in [3.05, 3.63) is 0 Å². The van der Waals surface area contributed by atoms with Gasteiger partial charge in [-0.1, -0.05) is 0 Å². The molecule has 0 N–H and O–H groups in total. The minimum atomic E-state index is -0.884. The highest BCUT2D eigenvalue weighted by Gasteiger charge is 2.30. The van der Waals surface area contributed by atoms with E-state index >= 15 is 0 Å². The van der Waals surface area contributed by atoms with E-state index in [1.165, 1.54) is 9.80 Å². The zero-order chi connectivity index (χ0) is 14.6. The summed E-state index contributed by atoms with van der Waals surface area (Å²) in [4.78, 5) is 37.3. The Morgan fingerprint density at radius 2 is 1.42 bits per heavy atom. The van der Waals surface area contributed by atoms with E-state index in [2.05, 4.69) is 4.74 Å². The molecule has 0 aromatic heterocycles. The topological polar surface area (TPSA) is 76.2 Å². The summed E-state index contributed by atoms with van der Waals surface area (Å²) in [7, 11) is 1.16. The van der Waals surface area contributed by atoms with Gasteiger partial charge in [0.1, 0.15) is 5.60 Å². The Morgan fingerprint density at radius 1 is 0.947 bits per heavy atom. The van der Waals surface area contributed by atoms with Gasteiger partial charge in [0.05, 0.1) is 7.11 Å². The smallest absolute Gasteiger partial charge is 0.410 e. The lowest BCUT2D eigenvalue weighted by Gasteiger charge is -2.35. The normalized spacial score (nSPS) is 16.0. The first-order valence-corrected chi connectivity index (χ1v) is 6.10. The first-order chi connectivity index (χ1) is 8.74. The lowest BCUT2D eigenvalue weighted by molar-refractivity contribution is -0.159. The largest absolute Gasteiger partial charge is 0.462 e. The van der Waals surface area contributed by atoms with Crippen molar-refractivity contribution in [2.45, 2.75) is 26.4 Å². The molecular formula is C12H20N2O5. The second-order valence-corrected chi connectivity index (χ2v) is 5.25. The van der Waals surface area contributed by atoms with Crippen LogP contribution in [0.3, 0.4) is 0 Å². The summed E-state index contributed by atoms with van der Waals surface area (Å²) >= 11 is 0. The summed E-state index contributed by atoms with van der Waals surface area (Å²) in [5.74, 6) is -1.56. The second-order valence-electron chi connectivity index (χ2n) is 5.25. The average molecular weight is 272 g/mol. The lowest BCUT2D eigenvalue weighted by atomic mass is 10.2. The Kier molecular flexibility index (Phi) is 4.74. The minimum Gasteiger partial charge on any atom is -0.462 e. The van der Waals surface area contributed by atoms with Crippen LogP contribution in [0.5, 0.6) is 0 Å². The average Bonchev–Trinajstić information content (AvgIpc) is 2.35. The Labute approximate surface area is 112 Å². The van der Waals surface area contributed by atoms with E-state index in [0.717, 1.165) is 7.11 Å². The van der Waals surface area contributed by atoms with Crippen LogP contribution in [0.2, 0.25) is 0 Å². The van der Waals surface area contributed by atoms with E-state index in [9.17, 15) is 14.4 Å². The first kappa shape index (κ1) is 15.3. The zero-order valence-electron chi connectivity index (χ0n) is 11.8. The van der Waals surface area contributed by atoms with Crippen molar-refractivity contribution >= 4 is 18.0 Å². The van der Waals surface area contributed by atoms with E-state index in [-0.39, 0.29) is 0 Å². The molecule has 0 saturated carbocycles. The molecule has 108 valence electrons. The predicted molar refractivity (Wildman–Crippen MR) is 66.4 cm³/mol. The number of piperazine rings is 1. The summed E-state index contributed by atoms with van der Waals surface area (Å²) in [5.41, 5.74) is -0.546. The van der Waals surface area contributed by atoms with Crippen LogP contribution in [0.4, 0.5) is 4.79 Å². The molecule has 0 radical (unpaired) electrons. The fraction of sp³-hybridized carbons (Fsp3) is 0.750. The van der Waals surface area contributed by atoms with Gasteiger partial charge in [-0.2, -0.15) is 0 Å². The lowest BCUT2D eigenvalue weighted by Crippen LogP contribution is -2.53. The number of nitrogens with zero attached hydrogens (tertiary/aromatic N) is 2. The van der Waals surface area contributed by atoms with Crippen LogP contribution < -0.4 is 0 Å². The molecule has 0 aromatic rings. The second kappa shape index (κ2) is 5.90. The monoisotopic (exact) mass is 272 g/mol. The van der Waals surface area contributed by atoms with Crippen molar-refractivity contribution < 1.29 is 23.9 Å². The molecule has 2 amide bonds. The van der Waals surface area contributed by atoms with Gasteiger partial charge >= 0.3 is 18.0 Å². The first-order valence-electron chi connectivity index (χ1n) is 6.10. The maximum atomic E-state index is 11.8. The molecule has 0 atom stereocenters. The van der Waals surface area contributed by atoms with Crippen LogP contribution in [0.15, 0.2) is 0 Å². The number of ether oxygens (including phenoxy) is 2. The molecule has 7 heteroatoms. The Bertz CT molecular complexity index is 367. The number of esters is 1. The van der Waals surface area contributed by atoms with Crippen molar-refractivity contribution in [1.29, 1.82) is 0 Å². The molecule has 1 rings (SSSR count). The third kappa shape index (κ3) is 4.42. The standard InChI is InChI=1S/C12H20N2O5/c1-12(2,3)19-11(17)14-7-5-13(6-8-14)9(15)10(16)18-4/h5-8H2,1-4H3. The number of carbonyl (C=O) groups is 3. The number of hydrogen-bond acceptors (Lipinski definition) is 5. The van der Waals surface area contributed by atoms with Gasteiger partial charge in [-0.05, 0) is 20.8 Å². The Morgan fingerprint density at radius 3 is 1.84 bits per heavy atom. The van der Waals surface area contributed by atoms with E-state index in [4.69, 9.17) is 4.74 Å². The van der Waals surface area contributed by atoms with E-state index in [1.54, 1.807) is 20.8 Å². The highest BCUT2D eigenvalue weighted by Crippen LogP contribution is 2.12. The van der Waals surface area contributed by atoms with Crippen molar-refractivity contribution in [3.63, 3.8) is 0 Å². The van der Waals surface area contributed by atoms with E-state index in [0.29, 0.717) is 26.2 Å². The number of amides is 2. The highest BCUT2D eigenvalue weighted by molar-refractivity contribution is 6.32. The van der Waals surface area contributed by atoms with Gasteiger partial charge in [0.25, 0.3) is 0 Å². The molecule has 0 aliphatic carbocycles. The molecule has 0 bridgehead atoms. The maximum absolute atomic E-state index is 11.8. The number of hydrogen-bond donors (Lipinski definition) is 0. The molecule has 0 unspecified atom stereocenters. The predicted octanol–water partition coefficient (Wildman–Crippen LogP) is 0.239. The molecule has 1 heterocycles. The fourth-order valence-electron chi connectivity index (χ4n) is 1.64. The van der Waals surface area contributed by atoms with Crippen LogP contribution in [-0.4, -0.2) is 66.7 Å². The Hall–Kier alpha value is -1.79. The summed E-state index contributed by atoms with van der Waals surface area (Å²) in [5, 5.41) is 0. The quantitative estimate of drug-likeness (QED) is 0.466. The van der Waals surface area contributed by atoms with Crippen LogP contribution in [0.25, 0.3) is 0 Å². The van der Waals surface area contributed by atoms with Crippen molar-refractivity contribution in [2.24, 2.45) is 0 Å². The third-order valence-electron chi connectivity index (χ3n) is 2.58. The van der Waals surface area contributed by atoms with Crippen LogP contribution in [-0.2, 0) is 19.1 Å². The van der Waals surface area contributed by atoms with Gasteiger partial charge in [0.15, 0.2) is 0 Å². The van der Waals surface area contributed by atoms with Gasteiger partial charge in [-0.3, -0.25) is 4.79 Å². The van der Waals surface area contributed by atoms with Gasteiger partial charge in [-0.15, -0.1) is 0 Å². The molecule has 0 aromatic carbocycles. The Balaban J connectivity index is 2.47. The molecule has 1 aliphatic heterocycles. The zero-order valence-corrected chi connectivity index (χ0v) is 11.8.